The molecule has 0 aromatic carbocycles. The summed E-state index contributed by atoms with van der Waals surface area (Å²) in [5.74, 6) is 2.46. The molecule has 0 aliphatic carbocycles. The van der Waals surface area contributed by atoms with Gasteiger partial charge in [-0.1, -0.05) is 12.1 Å². The van der Waals surface area contributed by atoms with Crippen molar-refractivity contribution in [3.8, 4) is 0 Å². The maximum absolute atomic E-state index is 5.29. The molecule has 0 spiro atoms. The Kier molecular flexibility index (Phi) is 3.90. The van der Waals surface area contributed by atoms with Crippen molar-refractivity contribution in [3.05, 3.63) is 11.7 Å². The van der Waals surface area contributed by atoms with Gasteiger partial charge in [0.05, 0.1) is 12.5 Å². The molecule has 90 valence electrons. The van der Waals surface area contributed by atoms with E-state index in [2.05, 4.69) is 22.4 Å². The molecule has 1 saturated heterocycles. The van der Waals surface area contributed by atoms with E-state index in [1.54, 1.807) is 0 Å². The average Bonchev–Trinajstić information content (AvgIpc) is 2.87. The maximum atomic E-state index is 5.29. The van der Waals surface area contributed by atoms with Gasteiger partial charge in [-0.05, 0) is 19.4 Å². The monoisotopic (exact) mass is 225 g/mol. The fraction of sp³-hybridized carbons (Fsp3) is 0.818. The number of aromatic nitrogens is 2. The minimum atomic E-state index is 0.369. The molecule has 1 aromatic rings. The second-order valence-electron chi connectivity index (χ2n) is 4.24. The first-order valence-corrected chi connectivity index (χ1v) is 5.92. The zero-order chi connectivity index (χ0) is 11.4. The third-order valence-electron chi connectivity index (χ3n) is 2.99. The fourth-order valence-corrected chi connectivity index (χ4v) is 1.97. The topological polar surface area (TPSA) is 60.2 Å². The lowest BCUT2D eigenvalue weighted by molar-refractivity contribution is 0.149. The number of ether oxygens (including phenoxy) is 1. The standard InChI is InChI=1S/C11H19N3O2/c1-3-15-5-4-10-13-11(16-14-10)9-7-12-6-8(9)2/h8-9,12H,3-7H2,1-2H3/t8-,9-/m1/s1. The molecule has 0 saturated carbocycles. The molecule has 0 unspecified atom stereocenters. The van der Waals surface area contributed by atoms with Crippen LogP contribution < -0.4 is 5.32 Å². The highest BCUT2D eigenvalue weighted by molar-refractivity contribution is 5.00. The van der Waals surface area contributed by atoms with Crippen LogP contribution in [0.5, 0.6) is 0 Å². The number of nitrogens with one attached hydrogen (secondary N) is 1. The molecule has 2 rings (SSSR count). The van der Waals surface area contributed by atoms with Crippen LogP contribution in [-0.4, -0.2) is 36.4 Å². The molecular weight excluding hydrogens is 206 g/mol. The summed E-state index contributed by atoms with van der Waals surface area (Å²) in [5.41, 5.74) is 0. The molecule has 1 aromatic heterocycles. The Morgan fingerprint density at radius 3 is 3.06 bits per heavy atom. The van der Waals surface area contributed by atoms with Crippen LogP contribution in [0.3, 0.4) is 0 Å². The minimum absolute atomic E-state index is 0.369. The van der Waals surface area contributed by atoms with Gasteiger partial charge in [-0.15, -0.1) is 0 Å². The summed E-state index contributed by atoms with van der Waals surface area (Å²) in [7, 11) is 0. The van der Waals surface area contributed by atoms with E-state index >= 15 is 0 Å². The lowest BCUT2D eigenvalue weighted by Crippen LogP contribution is -2.08. The summed E-state index contributed by atoms with van der Waals surface area (Å²) in [6, 6.07) is 0. The summed E-state index contributed by atoms with van der Waals surface area (Å²) in [5, 5.41) is 7.30. The number of hydrogen-bond acceptors (Lipinski definition) is 5. The van der Waals surface area contributed by atoms with Gasteiger partial charge in [0.2, 0.25) is 5.89 Å². The Hall–Kier alpha value is -0.940. The Morgan fingerprint density at radius 1 is 1.50 bits per heavy atom. The smallest absolute Gasteiger partial charge is 0.231 e. The number of hydrogen-bond donors (Lipinski definition) is 1. The first kappa shape index (κ1) is 11.5. The van der Waals surface area contributed by atoms with E-state index in [0.717, 1.165) is 37.8 Å². The summed E-state index contributed by atoms with van der Waals surface area (Å²) >= 11 is 0. The highest BCUT2D eigenvalue weighted by Crippen LogP contribution is 2.26. The second kappa shape index (κ2) is 5.41. The summed E-state index contributed by atoms with van der Waals surface area (Å²) in [6.45, 7) is 7.54. The Balaban J connectivity index is 1.91. The van der Waals surface area contributed by atoms with Crippen molar-refractivity contribution in [1.29, 1.82) is 0 Å². The van der Waals surface area contributed by atoms with Crippen LogP contribution in [-0.2, 0) is 11.2 Å². The zero-order valence-corrected chi connectivity index (χ0v) is 9.90. The van der Waals surface area contributed by atoms with Crippen molar-refractivity contribution in [3.63, 3.8) is 0 Å². The number of rotatable bonds is 5. The first-order valence-electron chi connectivity index (χ1n) is 5.92. The highest BCUT2D eigenvalue weighted by Gasteiger charge is 2.29. The van der Waals surface area contributed by atoms with Gasteiger partial charge in [0.15, 0.2) is 5.82 Å². The molecule has 5 heteroatoms. The van der Waals surface area contributed by atoms with Gasteiger partial charge in [0, 0.05) is 19.6 Å². The van der Waals surface area contributed by atoms with E-state index in [1.165, 1.54) is 0 Å². The quantitative estimate of drug-likeness (QED) is 0.757. The van der Waals surface area contributed by atoms with E-state index in [-0.39, 0.29) is 0 Å². The largest absolute Gasteiger partial charge is 0.381 e. The minimum Gasteiger partial charge on any atom is -0.381 e. The molecule has 1 aliphatic rings. The Morgan fingerprint density at radius 2 is 2.38 bits per heavy atom. The summed E-state index contributed by atoms with van der Waals surface area (Å²) < 4.78 is 10.6. The van der Waals surface area contributed by atoms with Crippen molar-refractivity contribution in [2.75, 3.05) is 26.3 Å². The third kappa shape index (κ3) is 2.59. The van der Waals surface area contributed by atoms with Gasteiger partial charge in [-0.25, -0.2) is 0 Å². The van der Waals surface area contributed by atoms with Crippen molar-refractivity contribution >= 4 is 0 Å². The second-order valence-corrected chi connectivity index (χ2v) is 4.24. The van der Waals surface area contributed by atoms with Gasteiger partial charge in [0.1, 0.15) is 0 Å². The summed E-state index contributed by atoms with van der Waals surface area (Å²) in [6.07, 6.45) is 0.728. The SMILES string of the molecule is CCOCCc1noc([C@@H]2CNC[C@H]2C)n1. The van der Waals surface area contributed by atoms with Gasteiger partial charge >= 0.3 is 0 Å². The van der Waals surface area contributed by atoms with E-state index in [0.29, 0.717) is 18.4 Å². The van der Waals surface area contributed by atoms with E-state index in [1.807, 2.05) is 6.92 Å². The molecule has 0 radical (unpaired) electrons. The molecule has 1 fully saturated rings. The lowest BCUT2D eigenvalue weighted by atomic mass is 9.98. The zero-order valence-electron chi connectivity index (χ0n) is 9.90. The Bertz CT molecular complexity index is 327. The highest BCUT2D eigenvalue weighted by atomic mass is 16.5. The third-order valence-corrected chi connectivity index (χ3v) is 2.99. The van der Waals surface area contributed by atoms with Crippen molar-refractivity contribution in [2.45, 2.75) is 26.2 Å². The molecule has 5 nitrogen and oxygen atoms in total. The van der Waals surface area contributed by atoms with Gasteiger partial charge in [-0.2, -0.15) is 4.98 Å². The Labute approximate surface area is 95.6 Å². The molecule has 2 atom stereocenters. The van der Waals surface area contributed by atoms with Crippen molar-refractivity contribution < 1.29 is 9.26 Å². The summed E-state index contributed by atoms with van der Waals surface area (Å²) in [4.78, 5) is 4.42. The van der Waals surface area contributed by atoms with Crippen LogP contribution in [0.25, 0.3) is 0 Å². The van der Waals surface area contributed by atoms with Crippen LogP contribution >= 0.6 is 0 Å². The predicted molar refractivity (Wildman–Crippen MR) is 59.3 cm³/mol. The van der Waals surface area contributed by atoms with Gasteiger partial charge < -0.3 is 14.6 Å². The maximum Gasteiger partial charge on any atom is 0.231 e. The lowest BCUT2D eigenvalue weighted by Gasteiger charge is -2.07. The molecule has 1 N–H and O–H groups in total. The van der Waals surface area contributed by atoms with Crippen LogP contribution in [0.15, 0.2) is 4.52 Å². The van der Waals surface area contributed by atoms with E-state index in [9.17, 15) is 0 Å². The number of nitrogens with zero attached hydrogens (tertiary/aromatic N) is 2. The normalized spacial score (nSPS) is 25.1. The average molecular weight is 225 g/mol. The molecular formula is C11H19N3O2. The molecule has 2 heterocycles. The van der Waals surface area contributed by atoms with Gasteiger partial charge in [0.25, 0.3) is 0 Å². The first-order chi connectivity index (χ1) is 7.81. The molecule has 0 bridgehead atoms. The molecule has 0 amide bonds. The van der Waals surface area contributed by atoms with Crippen LogP contribution in [0.2, 0.25) is 0 Å². The molecule has 1 aliphatic heterocycles. The van der Waals surface area contributed by atoms with Crippen molar-refractivity contribution in [2.24, 2.45) is 5.92 Å². The predicted octanol–water partition coefficient (Wildman–Crippen LogP) is 0.971. The fourth-order valence-electron chi connectivity index (χ4n) is 1.97. The van der Waals surface area contributed by atoms with E-state index in [4.69, 9.17) is 9.26 Å². The van der Waals surface area contributed by atoms with Crippen LogP contribution in [0.4, 0.5) is 0 Å². The van der Waals surface area contributed by atoms with Gasteiger partial charge in [-0.3, -0.25) is 0 Å². The van der Waals surface area contributed by atoms with Crippen molar-refractivity contribution in [1.82, 2.24) is 15.5 Å². The van der Waals surface area contributed by atoms with E-state index < -0.39 is 0 Å². The van der Waals surface area contributed by atoms with Crippen LogP contribution in [0.1, 0.15) is 31.5 Å². The van der Waals surface area contributed by atoms with Crippen LogP contribution in [0, 0.1) is 5.92 Å². The molecule has 16 heavy (non-hydrogen) atoms.